The Bertz CT molecular complexity index is 959. The van der Waals surface area contributed by atoms with Crippen LogP contribution in [0.25, 0.3) is 0 Å². The van der Waals surface area contributed by atoms with Crippen molar-refractivity contribution in [1.29, 1.82) is 0 Å². The summed E-state index contributed by atoms with van der Waals surface area (Å²) < 4.78 is 26.6. The lowest BCUT2D eigenvalue weighted by molar-refractivity contribution is -0.133. The van der Waals surface area contributed by atoms with Crippen molar-refractivity contribution in [3.8, 4) is 0 Å². The molecule has 1 heterocycles. The minimum absolute atomic E-state index is 0.145. The van der Waals surface area contributed by atoms with Gasteiger partial charge in [0.2, 0.25) is 5.91 Å². The minimum Gasteiger partial charge on any atom is -0.346 e. The Hall–Kier alpha value is -3.13. The van der Waals surface area contributed by atoms with E-state index in [1.165, 1.54) is 11.9 Å². The highest BCUT2D eigenvalue weighted by Gasteiger charge is 2.42. The highest BCUT2D eigenvalue weighted by molar-refractivity contribution is 6.15. The van der Waals surface area contributed by atoms with Gasteiger partial charge in [-0.3, -0.25) is 14.4 Å². The predicted octanol–water partition coefficient (Wildman–Crippen LogP) is 2.02. The lowest BCUT2D eigenvalue weighted by atomic mass is 9.81. The van der Waals surface area contributed by atoms with Crippen LogP contribution in [0.1, 0.15) is 30.9 Å². The number of halogens is 2. The molecular formula is C21H21F2N3O3. The molecule has 1 aliphatic rings. The summed E-state index contributed by atoms with van der Waals surface area (Å²) in [7, 11) is 0. The molecule has 2 aromatic rings. The van der Waals surface area contributed by atoms with E-state index >= 15 is 0 Å². The van der Waals surface area contributed by atoms with Gasteiger partial charge in [-0.15, -0.1) is 0 Å². The summed E-state index contributed by atoms with van der Waals surface area (Å²) in [6, 6.07) is 7.98. The van der Waals surface area contributed by atoms with E-state index in [-0.39, 0.29) is 17.8 Å². The van der Waals surface area contributed by atoms with Crippen molar-refractivity contribution in [1.82, 2.24) is 5.32 Å². The molecule has 3 N–H and O–H groups in total. The van der Waals surface area contributed by atoms with Gasteiger partial charge >= 0.3 is 0 Å². The van der Waals surface area contributed by atoms with Crippen molar-refractivity contribution in [2.75, 3.05) is 5.01 Å². The van der Waals surface area contributed by atoms with Gasteiger partial charge < -0.3 is 10.3 Å². The van der Waals surface area contributed by atoms with E-state index in [4.69, 9.17) is 5.84 Å². The van der Waals surface area contributed by atoms with E-state index in [1.54, 1.807) is 31.2 Å². The molecule has 0 radical (unpaired) electrons. The van der Waals surface area contributed by atoms with Crippen molar-refractivity contribution in [3.63, 3.8) is 0 Å². The van der Waals surface area contributed by atoms with Crippen LogP contribution in [0.2, 0.25) is 0 Å². The number of nitrogens with two attached hydrogens (primary N) is 1. The number of carbonyl (C=O) groups is 3. The molecule has 0 fully saturated rings. The number of nitrogens with zero attached hydrogens (tertiary/aromatic N) is 1. The van der Waals surface area contributed by atoms with Gasteiger partial charge in [0.25, 0.3) is 0 Å². The van der Waals surface area contributed by atoms with E-state index in [0.29, 0.717) is 17.3 Å². The number of Topliss-reactive ketones (excluding diaryl/α,β-unsaturated/α-hetero) is 2. The third-order valence-electron chi connectivity index (χ3n) is 5.02. The molecule has 0 saturated carbocycles. The molecule has 1 aliphatic heterocycles. The first-order valence-corrected chi connectivity index (χ1v) is 9.13. The molecule has 152 valence electrons. The molecule has 0 aromatic heterocycles. The smallest absolute Gasteiger partial charge is 0.224 e. The van der Waals surface area contributed by atoms with Gasteiger partial charge in [-0.2, -0.15) is 0 Å². The molecule has 6 nitrogen and oxygen atoms in total. The molecule has 0 bridgehead atoms. The normalized spacial score (nSPS) is 19.5. The fraction of sp³-hybridized carbons (Fsp3) is 0.286. The largest absolute Gasteiger partial charge is 0.346 e. The maximum atomic E-state index is 13.3. The van der Waals surface area contributed by atoms with Crippen LogP contribution in [0, 0.1) is 11.6 Å². The fourth-order valence-electron chi connectivity index (χ4n) is 3.51. The number of para-hydroxylation sites is 1. The molecule has 0 saturated heterocycles. The Morgan fingerprint density at radius 3 is 2.45 bits per heavy atom. The van der Waals surface area contributed by atoms with Crippen LogP contribution in [-0.4, -0.2) is 29.6 Å². The van der Waals surface area contributed by atoms with Crippen LogP contribution in [-0.2, 0) is 20.8 Å². The molecule has 1 amide bonds. The third-order valence-corrected chi connectivity index (χ3v) is 5.02. The average Bonchev–Trinajstić information content (AvgIpc) is 2.65. The summed E-state index contributed by atoms with van der Waals surface area (Å²) >= 11 is 0. The monoisotopic (exact) mass is 401 g/mol. The SMILES string of the molecule is CC1C(=O)C(C(=O)[C@H](C)NC(=O)Cc2cc(F)cc(F)c2)c2ccccc2N1N. The number of hydrazine groups is 1. The third kappa shape index (κ3) is 4.17. The van der Waals surface area contributed by atoms with Crippen LogP contribution in [0.3, 0.4) is 0 Å². The van der Waals surface area contributed by atoms with Crippen molar-refractivity contribution < 1.29 is 23.2 Å². The topological polar surface area (TPSA) is 92.5 Å². The maximum absolute atomic E-state index is 13.3. The molecule has 2 aromatic carbocycles. The Kier molecular flexibility index (Phi) is 5.74. The van der Waals surface area contributed by atoms with Gasteiger partial charge in [-0.1, -0.05) is 18.2 Å². The average molecular weight is 401 g/mol. The molecule has 3 rings (SSSR count). The zero-order chi connectivity index (χ0) is 21.3. The van der Waals surface area contributed by atoms with E-state index in [9.17, 15) is 23.2 Å². The second-order valence-electron chi connectivity index (χ2n) is 7.12. The molecule has 3 atom stereocenters. The maximum Gasteiger partial charge on any atom is 0.224 e. The van der Waals surface area contributed by atoms with Gasteiger partial charge in [-0.25, -0.2) is 14.6 Å². The highest BCUT2D eigenvalue weighted by atomic mass is 19.1. The van der Waals surface area contributed by atoms with Crippen molar-refractivity contribution in [2.24, 2.45) is 5.84 Å². The Balaban J connectivity index is 1.76. The van der Waals surface area contributed by atoms with Crippen molar-refractivity contribution >= 4 is 23.2 Å². The first-order chi connectivity index (χ1) is 13.7. The van der Waals surface area contributed by atoms with Crippen LogP contribution in [0.5, 0.6) is 0 Å². The lowest BCUT2D eigenvalue weighted by Crippen LogP contribution is -2.53. The number of hydrogen-bond donors (Lipinski definition) is 2. The summed E-state index contributed by atoms with van der Waals surface area (Å²) in [5.41, 5.74) is 1.20. The van der Waals surface area contributed by atoms with Gasteiger partial charge in [0.1, 0.15) is 23.6 Å². The number of carbonyl (C=O) groups excluding carboxylic acids is 3. The number of ketones is 2. The first-order valence-electron chi connectivity index (χ1n) is 9.13. The lowest BCUT2D eigenvalue weighted by Gasteiger charge is -2.36. The van der Waals surface area contributed by atoms with E-state index in [0.717, 1.165) is 12.1 Å². The minimum atomic E-state index is -1.05. The fourth-order valence-corrected chi connectivity index (χ4v) is 3.51. The molecule has 2 unspecified atom stereocenters. The molecule has 8 heteroatoms. The summed E-state index contributed by atoms with van der Waals surface area (Å²) in [6.45, 7) is 3.09. The number of fused-ring (bicyclic) bond motifs is 1. The van der Waals surface area contributed by atoms with E-state index in [2.05, 4.69) is 5.32 Å². The highest BCUT2D eigenvalue weighted by Crippen LogP contribution is 2.35. The van der Waals surface area contributed by atoms with Gasteiger partial charge in [0.15, 0.2) is 11.6 Å². The number of anilines is 1. The Morgan fingerprint density at radius 1 is 1.17 bits per heavy atom. The van der Waals surface area contributed by atoms with Crippen LogP contribution in [0.15, 0.2) is 42.5 Å². The van der Waals surface area contributed by atoms with Crippen molar-refractivity contribution in [2.45, 2.75) is 38.3 Å². The van der Waals surface area contributed by atoms with E-state index < -0.39 is 41.3 Å². The molecule has 0 aliphatic carbocycles. The number of amides is 1. The zero-order valence-corrected chi connectivity index (χ0v) is 16.0. The second kappa shape index (κ2) is 8.08. The molecule has 0 spiro atoms. The predicted molar refractivity (Wildman–Crippen MR) is 103 cm³/mol. The number of rotatable bonds is 5. The van der Waals surface area contributed by atoms with Crippen molar-refractivity contribution in [3.05, 3.63) is 65.2 Å². The van der Waals surface area contributed by atoms with Crippen LogP contribution >= 0.6 is 0 Å². The van der Waals surface area contributed by atoms with Crippen LogP contribution < -0.4 is 16.2 Å². The second-order valence-corrected chi connectivity index (χ2v) is 7.12. The summed E-state index contributed by atoms with van der Waals surface area (Å²) in [5.74, 6) is 1.94. The Morgan fingerprint density at radius 2 is 1.79 bits per heavy atom. The summed E-state index contributed by atoms with van der Waals surface area (Å²) in [6.07, 6.45) is -0.297. The number of nitrogens with one attached hydrogen (secondary N) is 1. The van der Waals surface area contributed by atoms with Gasteiger partial charge in [-0.05, 0) is 43.2 Å². The van der Waals surface area contributed by atoms with Gasteiger partial charge in [0, 0.05) is 6.07 Å². The quantitative estimate of drug-likeness (QED) is 0.591. The summed E-state index contributed by atoms with van der Waals surface area (Å²) in [4.78, 5) is 38.0. The number of hydrogen-bond acceptors (Lipinski definition) is 5. The standard InChI is InChI=1S/C21H21F2N3O3/c1-11(25-18(27)9-13-7-14(22)10-15(23)8-13)20(28)19-16-5-3-4-6-17(16)26(24)12(2)21(19)29/h3-8,10-12,19H,9,24H2,1-2H3,(H,25,27)/t11-,12?,19?/m0/s1. The molecular weight excluding hydrogens is 380 g/mol. The summed E-state index contributed by atoms with van der Waals surface area (Å²) in [5, 5.41) is 3.83. The molecule has 29 heavy (non-hydrogen) atoms. The van der Waals surface area contributed by atoms with Gasteiger partial charge in [0.05, 0.1) is 18.2 Å². The Labute approximate surface area is 166 Å². The first kappa shape index (κ1) is 20.6. The van der Waals surface area contributed by atoms with Crippen LogP contribution in [0.4, 0.5) is 14.5 Å². The van der Waals surface area contributed by atoms with E-state index in [1.807, 2.05) is 0 Å². The number of benzene rings is 2. The zero-order valence-electron chi connectivity index (χ0n) is 16.0.